The standard InChI is InChI=1S/C21H23ClF2NO7P/c1-12-3-5-25(18(26)7-12)20-21(2,24)19(27)17(31-20)11-30-33(28)29-6-4-16(32-33)13-8-14(22)10-15(23)9-13/h3,5,8-10,16-17,19-20,27H,1,4,6-7,11H2,2H3/t16-,17-,19-,20-,21-,33?/m1/s1. The van der Waals surface area contributed by atoms with Gasteiger partial charge in [-0.2, -0.15) is 0 Å². The number of hydrogen-bond donors (Lipinski definition) is 1. The maximum atomic E-state index is 15.3. The predicted molar refractivity (Wildman–Crippen MR) is 113 cm³/mol. The monoisotopic (exact) mass is 505 g/mol. The van der Waals surface area contributed by atoms with E-state index in [-0.39, 0.29) is 24.5 Å². The number of phosphoric acid groups is 1. The third-order valence-corrected chi connectivity index (χ3v) is 7.34. The van der Waals surface area contributed by atoms with E-state index in [1.807, 2.05) is 0 Å². The molecule has 3 heterocycles. The van der Waals surface area contributed by atoms with E-state index in [4.69, 9.17) is 29.9 Å². The van der Waals surface area contributed by atoms with Crippen LogP contribution in [0.1, 0.15) is 31.4 Å². The Morgan fingerprint density at radius 1 is 1.42 bits per heavy atom. The molecule has 0 aromatic heterocycles. The molecule has 0 radical (unpaired) electrons. The Balaban J connectivity index is 1.43. The molecular formula is C21H23ClF2NO7P. The van der Waals surface area contributed by atoms with Gasteiger partial charge < -0.3 is 9.84 Å². The Morgan fingerprint density at radius 2 is 2.18 bits per heavy atom. The molecule has 0 spiro atoms. The van der Waals surface area contributed by atoms with Gasteiger partial charge in [0.05, 0.1) is 25.7 Å². The van der Waals surface area contributed by atoms with Crippen LogP contribution in [-0.4, -0.2) is 53.2 Å². The molecule has 1 amide bonds. The quantitative estimate of drug-likeness (QED) is 0.599. The van der Waals surface area contributed by atoms with Gasteiger partial charge in [0.2, 0.25) is 5.91 Å². The van der Waals surface area contributed by atoms with Crippen LogP contribution < -0.4 is 0 Å². The van der Waals surface area contributed by atoms with Crippen molar-refractivity contribution in [3.63, 3.8) is 0 Å². The van der Waals surface area contributed by atoms with Gasteiger partial charge in [0.1, 0.15) is 18.0 Å². The van der Waals surface area contributed by atoms with Crippen LogP contribution in [0.4, 0.5) is 8.78 Å². The molecule has 1 unspecified atom stereocenters. The molecule has 3 aliphatic rings. The second kappa shape index (κ2) is 9.19. The van der Waals surface area contributed by atoms with Crippen molar-refractivity contribution in [1.82, 2.24) is 4.90 Å². The predicted octanol–water partition coefficient (Wildman–Crippen LogP) is 4.20. The van der Waals surface area contributed by atoms with E-state index in [1.165, 1.54) is 18.3 Å². The van der Waals surface area contributed by atoms with Crippen LogP contribution in [-0.2, 0) is 27.7 Å². The van der Waals surface area contributed by atoms with Crippen LogP contribution in [0, 0.1) is 5.82 Å². The van der Waals surface area contributed by atoms with E-state index in [0.29, 0.717) is 11.1 Å². The molecule has 33 heavy (non-hydrogen) atoms. The molecule has 3 aliphatic heterocycles. The van der Waals surface area contributed by atoms with E-state index in [1.54, 1.807) is 6.08 Å². The molecule has 4 rings (SSSR count). The summed E-state index contributed by atoms with van der Waals surface area (Å²) in [5, 5.41) is 10.6. The van der Waals surface area contributed by atoms with Crippen molar-refractivity contribution >= 4 is 25.3 Å². The number of carbonyl (C=O) groups excluding carboxylic acids is 1. The number of alkyl halides is 1. The number of amides is 1. The first kappa shape index (κ1) is 24.5. The summed E-state index contributed by atoms with van der Waals surface area (Å²) in [6.45, 7) is 4.25. The fraction of sp³-hybridized carbons (Fsp3) is 0.476. The summed E-state index contributed by atoms with van der Waals surface area (Å²) in [5.41, 5.74) is -1.41. The number of nitrogens with zero attached hydrogens (tertiary/aromatic N) is 1. The van der Waals surface area contributed by atoms with Crippen LogP contribution in [0.25, 0.3) is 0 Å². The van der Waals surface area contributed by atoms with Crippen molar-refractivity contribution in [2.75, 3.05) is 13.2 Å². The van der Waals surface area contributed by atoms with Gasteiger partial charge in [-0.15, -0.1) is 0 Å². The smallest absolute Gasteiger partial charge is 0.387 e. The van der Waals surface area contributed by atoms with Crippen LogP contribution in [0.5, 0.6) is 0 Å². The molecule has 0 bridgehead atoms. The van der Waals surface area contributed by atoms with E-state index in [0.717, 1.165) is 17.9 Å². The van der Waals surface area contributed by atoms with Crippen molar-refractivity contribution in [3.05, 3.63) is 59.0 Å². The van der Waals surface area contributed by atoms with Crippen molar-refractivity contribution in [1.29, 1.82) is 0 Å². The minimum Gasteiger partial charge on any atom is -0.387 e. The minimum atomic E-state index is -4.14. The number of aliphatic hydroxyl groups excluding tert-OH is 1. The normalized spacial score (nSPS) is 37.1. The van der Waals surface area contributed by atoms with E-state index in [2.05, 4.69) is 6.58 Å². The second-order valence-electron chi connectivity index (χ2n) is 8.24. The first-order valence-corrected chi connectivity index (χ1v) is 12.1. The van der Waals surface area contributed by atoms with E-state index >= 15 is 4.39 Å². The molecule has 0 saturated carbocycles. The van der Waals surface area contributed by atoms with Gasteiger partial charge in [-0.25, -0.2) is 13.3 Å². The molecule has 0 aliphatic carbocycles. The minimum absolute atomic E-state index is 0.00787. The van der Waals surface area contributed by atoms with Crippen molar-refractivity contribution in [3.8, 4) is 0 Å². The highest BCUT2D eigenvalue weighted by Crippen LogP contribution is 2.57. The second-order valence-corrected chi connectivity index (χ2v) is 10.3. The van der Waals surface area contributed by atoms with Gasteiger partial charge in [0, 0.05) is 17.6 Å². The SMILES string of the molecule is C=C1C=CN([C@@H]2O[C@H](COP3(=O)OCC[C@H](c4cc(F)cc(Cl)c4)O3)[C@@H](O)[C@@]2(C)F)C(=O)C1. The van der Waals surface area contributed by atoms with E-state index < -0.39 is 56.4 Å². The number of rotatable bonds is 5. The highest BCUT2D eigenvalue weighted by Gasteiger charge is 2.57. The lowest BCUT2D eigenvalue weighted by atomic mass is 9.97. The molecule has 6 atom stereocenters. The highest BCUT2D eigenvalue weighted by atomic mass is 35.5. The zero-order valence-electron chi connectivity index (χ0n) is 17.7. The van der Waals surface area contributed by atoms with Crippen molar-refractivity contribution < 1.29 is 41.6 Å². The number of phosphoric ester groups is 1. The summed E-state index contributed by atoms with van der Waals surface area (Å²) in [5.74, 6) is -1.02. The number of benzene rings is 1. The number of hydrogen-bond acceptors (Lipinski definition) is 7. The third kappa shape index (κ3) is 5.07. The Labute approximate surface area is 194 Å². The molecule has 1 aromatic carbocycles. The summed E-state index contributed by atoms with van der Waals surface area (Å²) in [6, 6.07) is 3.81. The highest BCUT2D eigenvalue weighted by molar-refractivity contribution is 7.48. The lowest BCUT2D eigenvalue weighted by molar-refractivity contribution is -0.148. The maximum Gasteiger partial charge on any atom is 0.475 e. The molecule has 2 fully saturated rings. The number of allylic oxidation sites excluding steroid dienone is 1. The number of aliphatic hydroxyl groups is 1. The van der Waals surface area contributed by atoms with E-state index in [9.17, 15) is 18.9 Å². The van der Waals surface area contributed by atoms with Crippen LogP contribution in [0.3, 0.4) is 0 Å². The topological polar surface area (TPSA) is 94.5 Å². The van der Waals surface area contributed by atoms with Gasteiger partial charge in [-0.1, -0.05) is 18.2 Å². The van der Waals surface area contributed by atoms with Crippen molar-refractivity contribution in [2.24, 2.45) is 0 Å². The average Bonchev–Trinajstić information content (AvgIpc) is 2.95. The van der Waals surface area contributed by atoms with Gasteiger partial charge >= 0.3 is 7.82 Å². The molecular weight excluding hydrogens is 483 g/mol. The number of carbonyl (C=O) groups is 1. The lowest BCUT2D eigenvalue weighted by Gasteiger charge is -2.33. The van der Waals surface area contributed by atoms with Gasteiger partial charge in [-0.05, 0) is 42.3 Å². The Bertz CT molecular complexity index is 1020. The largest absolute Gasteiger partial charge is 0.475 e. The molecule has 8 nitrogen and oxygen atoms in total. The zero-order chi connectivity index (χ0) is 24.0. The fourth-order valence-electron chi connectivity index (χ4n) is 3.90. The van der Waals surface area contributed by atoms with Gasteiger partial charge in [0.15, 0.2) is 11.9 Å². The first-order valence-electron chi connectivity index (χ1n) is 10.2. The fourth-order valence-corrected chi connectivity index (χ4v) is 5.53. The number of ether oxygens (including phenoxy) is 1. The third-order valence-electron chi connectivity index (χ3n) is 5.65. The Morgan fingerprint density at radius 3 is 2.88 bits per heavy atom. The van der Waals surface area contributed by atoms with Crippen LogP contribution in [0.15, 0.2) is 42.6 Å². The lowest BCUT2D eigenvalue weighted by Crippen LogP contribution is -2.50. The van der Waals surface area contributed by atoms with Crippen molar-refractivity contribution in [2.45, 2.75) is 50.0 Å². The Hall–Kier alpha value is -1.65. The number of halogens is 3. The Kier molecular flexibility index (Phi) is 6.81. The average molecular weight is 506 g/mol. The van der Waals surface area contributed by atoms with Crippen LogP contribution in [0.2, 0.25) is 5.02 Å². The maximum absolute atomic E-state index is 15.3. The molecule has 12 heteroatoms. The first-order chi connectivity index (χ1) is 15.5. The molecule has 1 N–H and O–H groups in total. The summed E-state index contributed by atoms with van der Waals surface area (Å²) in [7, 11) is -4.14. The van der Waals surface area contributed by atoms with Gasteiger partial charge in [-0.3, -0.25) is 23.3 Å². The summed E-state index contributed by atoms with van der Waals surface area (Å²) in [6.07, 6.45) is -2.03. The summed E-state index contributed by atoms with van der Waals surface area (Å²) >= 11 is 5.88. The molecule has 1 aromatic rings. The molecule has 180 valence electrons. The summed E-state index contributed by atoms with van der Waals surface area (Å²) in [4.78, 5) is 13.4. The van der Waals surface area contributed by atoms with Crippen LogP contribution >= 0.6 is 19.4 Å². The zero-order valence-corrected chi connectivity index (χ0v) is 19.3. The van der Waals surface area contributed by atoms with Gasteiger partial charge in [0.25, 0.3) is 0 Å². The summed E-state index contributed by atoms with van der Waals surface area (Å²) < 4.78 is 63.5. The molecule has 2 saturated heterocycles.